The van der Waals surface area contributed by atoms with Crippen LogP contribution in [0.25, 0.3) is 0 Å². The molecule has 1 N–H and O–H groups in total. The molecule has 0 radical (unpaired) electrons. The molecule has 7 heteroatoms. The van der Waals surface area contributed by atoms with Gasteiger partial charge in [0.1, 0.15) is 5.75 Å². The third kappa shape index (κ3) is 5.64. The number of likely N-dealkylation sites (N-methyl/N-ethyl adjacent to an activating group) is 1. The van der Waals surface area contributed by atoms with Crippen molar-refractivity contribution in [3.63, 3.8) is 0 Å². The number of hydrogen-bond donors (Lipinski definition) is 1. The molecule has 3 rings (SSSR count). The first-order valence-corrected chi connectivity index (χ1v) is 10.6. The highest BCUT2D eigenvalue weighted by atomic mass is 19.4. The fourth-order valence-corrected chi connectivity index (χ4v) is 4.95. The molecule has 1 aromatic carbocycles. The van der Waals surface area contributed by atoms with Crippen LogP contribution in [0.4, 0.5) is 13.2 Å². The average molecular weight is 415 g/mol. The summed E-state index contributed by atoms with van der Waals surface area (Å²) in [5.41, 5.74) is -0.180. The molecule has 29 heavy (non-hydrogen) atoms. The molecule has 1 saturated heterocycles. The Kier molecular flexibility index (Phi) is 6.81. The average Bonchev–Trinajstić information content (AvgIpc) is 2.63. The van der Waals surface area contributed by atoms with Gasteiger partial charge in [-0.15, -0.1) is 13.2 Å². The molecule has 0 bridgehead atoms. The largest absolute Gasteiger partial charge is 0.573 e. The first-order valence-electron chi connectivity index (χ1n) is 10.6. The summed E-state index contributed by atoms with van der Waals surface area (Å²) >= 11 is 0. The zero-order chi connectivity index (χ0) is 21.2. The Morgan fingerprint density at radius 2 is 1.76 bits per heavy atom. The normalized spacial score (nSPS) is 27.6. The number of halogens is 3. The first kappa shape index (κ1) is 22.4. The van der Waals surface area contributed by atoms with Crippen molar-refractivity contribution < 1.29 is 23.0 Å². The van der Waals surface area contributed by atoms with Crippen LogP contribution in [0.2, 0.25) is 0 Å². The summed E-state index contributed by atoms with van der Waals surface area (Å²) in [5.74, 6) is -0.470. The molecule has 2 fully saturated rings. The van der Waals surface area contributed by atoms with Gasteiger partial charge in [-0.1, -0.05) is 31.4 Å². The Hall–Kier alpha value is -1.31. The van der Waals surface area contributed by atoms with Gasteiger partial charge < -0.3 is 9.84 Å². The molecule has 0 spiro atoms. The summed E-state index contributed by atoms with van der Waals surface area (Å²) in [5, 5.41) is 11.5. The highest BCUT2D eigenvalue weighted by Gasteiger charge is 2.41. The van der Waals surface area contributed by atoms with E-state index in [0.29, 0.717) is 31.5 Å². The van der Waals surface area contributed by atoms with Gasteiger partial charge >= 0.3 is 6.36 Å². The van der Waals surface area contributed by atoms with Crippen molar-refractivity contribution in [2.45, 2.75) is 75.9 Å². The Morgan fingerprint density at radius 3 is 2.34 bits per heavy atom. The van der Waals surface area contributed by atoms with Crippen molar-refractivity contribution in [1.82, 2.24) is 9.80 Å². The minimum absolute atomic E-state index is 0.223. The molecule has 1 heterocycles. The van der Waals surface area contributed by atoms with Crippen molar-refractivity contribution in [3.8, 4) is 5.75 Å². The lowest BCUT2D eigenvalue weighted by Gasteiger charge is -2.46. The van der Waals surface area contributed by atoms with Gasteiger partial charge in [-0.2, -0.15) is 0 Å². The van der Waals surface area contributed by atoms with E-state index < -0.39 is 12.0 Å². The SMILES string of the molecule is C[C@@H]1CN(CC(c2cccc(OC(F)(F)F)c2)C2(O)CCCCC2)C[C@H](C)N1C. The second-order valence-corrected chi connectivity index (χ2v) is 8.92. The van der Waals surface area contributed by atoms with Gasteiger partial charge in [0, 0.05) is 37.6 Å². The Balaban J connectivity index is 1.87. The summed E-state index contributed by atoms with van der Waals surface area (Å²) < 4.78 is 42.3. The summed E-state index contributed by atoms with van der Waals surface area (Å²) in [6.07, 6.45) is -0.378. The van der Waals surface area contributed by atoms with E-state index in [1.807, 2.05) is 6.07 Å². The molecular weight excluding hydrogens is 381 g/mol. The molecule has 1 aliphatic heterocycles. The lowest BCUT2D eigenvalue weighted by Crippen LogP contribution is -2.57. The van der Waals surface area contributed by atoms with Crippen LogP contribution in [0.5, 0.6) is 5.75 Å². The number of alkyl halides is 3. The molecule has 3 atom stereocenters. The number of rotatable bonds is 5. The van der Waals surface area contributed by atoms with Crippen LogP contribution >= 0.6 is 0 Å². The molecule has 164 valence electrons. The summed E-state index contributed by atoms with van der Waals surface area (Å²) in [7, 11) is 2.12. The van der Waals surface area contributed by atoms with Gasteiger partial charge in [-0.25, -0.2) is 0 Å². The van der Waals surface area contributed by atoms with Crippen LogP contribution in [0, 0.1) is 0 Å². The van der Waals surface area contributed by atoms with Gasteiger partial charge in [0.2, 0.25) is 0 Å². The van der Waals surface area contributed by atoms with Crippen LogP contribution in [-0.4, -0.2) is 65.6 Å². The molecule has 1 aliphatic carbocycles. The van der Waals surface area contributed by atoms with Crippen molar-refractivity contribution in [3.05, 3.63) is 29.8 Å². The van der Waals surface area contributed by atoms with E-state index in [2.05, 4.69) is 35.4 Å². The summed E-state index contributed by atoms with van der Waals surface area (Å²) in [6.45, 7) is 6.77. The standard InChI is InChI=1S/C22H33F3N2O2/c1-16-13-27(14-17(2)26(16)3)15-20(21(28)10-5-4-6-11-21)18-8-7-9-19(12-18)29-22(23,24)25/h7-9,12,16-17,20,28H,4-6,10-11,13-15H2,1-3H3/t16-,17+,20?. The number of benzene rings is 1. The summed E-state index contributed by atoms with van der Waals surface area (Å²) in [4.78, 5) is 4.70. The maximum Gasteiger partial charge on any atom is 0.573 e. The van der Waals surface area contributed by atoms with Crippen LogP contribution in [0.15, 0.2) is 24.3 Å². The van der Waals surface area contributed by atoms with Gasteiger partial charge in [0.15, 0.2) is 0 Å². The van der Waals surface area contributed by atoms with Crippen molar-refractivity contribution in [2.75, 3.05) is 26.7 Å². The second-order valence-electron chi connectivity index (χ2n) is 8.92. The molecule has 1 unspecified atom stereocenters. The predicted molar refractivity (Wildman–Crippen MR) is 107 cm³/mol. The second kappa shape index (κ2) is 8.82. The van der Waals surface area contributed by atoms with Crippen LogP contribution < -0.4 is 4.74 Å². The van der Waals surface area contributed by atoms with Crippen molar-refractivity contribution in [1.29, 1.82) is 0 Å². The minimum Gasteiger partial charge on any atom is -0.406 e. The van der Waals surface area contributed by atoms with E-state index in [1.165, 1.54) is 12.1 Å². The first-order chi connectivity index (χ1) is 13.6. The van der Waals surface area contributed by atoms with Gasteiger partial charge in [-0.05, 0) is 51.4 Å². The number of aliphatic hydroxyl groups is 1. The molecule has 0 aromatic heterocycles. The molecule has 1 saturated carbocycles. The Bertz CT molecular complexity index is 664. The van der Waals surface area contributed by atoms with E-state index in [1.54, 1.807) is 6.07 Å². The van der Waals surface area contributed by atoms with E-state index in [-0.39, 0.29) is 11.7 Å². The van der Waals surface area contributed by atoms with Crippen LogP contribution in [-0.2, 0) is 0 Å². The highest BCUT2D eigenvalue weighted by molar-refractivity contribution is 5.33. The smallest absolute Gasteiger partial charge is 0.406 e. The molecule has 2 aliphatic rings. The van der Waals surface area contributed by atoms with Crippen LogP contribution in [0.3, 0.4) is 0 Å². The van der Waals surface area contributed by atoms with Crippen molar-refractivity contribution in [2.24, 2.45) is 0 Å². The topological polar surface area (TPSA) is 35.9 Å². The van der Waals surface area contributed by atoms with E-state index in [0.717, 1.165) is 37.9 Å². The maximum absolute atomic E-state index is 12.7. The zero-order valence-corrected chi connectivity index (χ0v) is 17.6. The lowest BCUT2D eigenvalue weighted by atomic mass is 9.72. The maximum atomic E-state index is 12.7. The van der Waals surface area contributed by atoms with Gasteiger partial charge in [0.25, 0.3) is 0 Å². The third-order valence-electron chi connectivity index (χ3n) is 6.74. The summed E-state index contributed by atoms with van der Waals surface area (Å²) in [6, 6.07) is 6.96. The van der Waals surface area contributed by atoms with Gasteiger partial charge in [0.05, 0.1) is 5.60 Å². The quantitative estimate of drug-likeness (QED) is 0.775. The Labute approximate surface area is 171 Å². The van der Waals surface area contributed by atoms with Crippen LogP contribution in [0.1, 0.15) is 57.4 Å². The lowest BCUT2D eigenvalue weighted by molar-refractivity contribution is -0.274. The number of ether oxygens (including phenoxy) is 1. The minimum atomic E-state index is -4.72. The van der Waals surface area contributed by atoms with Gasteiger partial charge in [-0.3, -0.25) is 9.80 Å². The van der Waals surface area contributed by atoms with E-state index in [9.17, 15) is 18.3 Å². The molecular formula is C22H33F3N2O2. The number of hydrogen-bond acceptors (Lipinski definition) is 4. The predicted octanol–water partition coefficient (Wildman–Crippen LogP) is 4.39. The molecule has 0 amide bonds. The number of nitrogens with zero attached hydrogens (tertiary/aromatic N) is 2. The highest BCUT2D eigenvalue weighted by Crippen LogP contribution is 2.42. The molecule has 4 nitrogen and oxygen atoms in total. The molecule has 1 aromatic rings. The van der Waals surface area contributed by atoms with E-state index in [4.69, 9.17) is 0 Å². The van der Waals surface area contributed by atoms with E-state index >= 15 is 0 Å². The third-order valence-corrected chi connectivity index (χ3v) is 6.74. The monoisotopic (exact) mass is 414 g/mol. The van der Waals surface area contributed by atoms with Crippen molar-refractivity contribution >= 4 is 0 Å². The zero-order valence-electron chi connectivity index (χ0n) is 17.6. The Morgan fingerprint density at radius 1 is 1.14 bits per heavy atom. The number of piperazine rings is 1. The fourth-order valence-electron chi connectivity index (χ4n) is 4.95. The fraction of sp³-hybridized carbons (Fsp3) is 0.727.